The van der Waals surface area contributed by atoms with Gasteiger partial charge in [0, 0.05) is 0 Å². The van der Waals surface area contributed by atoms with E-state index in [1.807, 2.05) is 6.08 Å². The third-order valence-electron chi connectivity index (χ3n) is 11.0. The van der Waals surface area contributed by atoms with Crippen molar-refractivity contribution >= 4 is 5.91 Å². The molecular weight excluding hydrogens is 714 g/mol. The molecule has 0 saturated carbocycles. The minimum Gasteiger partial charge on any atom is -0.394 e. The topological polar surface area (TPSA) is 189 Å². The minimum atomic E-state index is -1.67. The van der Waals surface area contributed by atoms with E-state index >= 15 is 0 Å². The summed E-state index contributed by atoms with van der Waals surface area (Å²) in [5, 5.41) is 75.4. The maximum Gasteiger partial charge on any atom is 0.249 e. The van der Waals surface area contributed by atoms with E-state index in [0.29, 0.717) is 19.3 Å². The molecule has 11 heteroatoms. The van der Waals surface area contributed by atoms with E-state index < -0.39 is 74.2 Å². The van der Waals surface area contributed by atoms with Gasteiger partial charge < -0.3 is 50.5 Å². The van der Waals surface area contributed by atoms with E-state index in [1.54, 1.807) is 0 Å². The number of rotatable bonds is 37. The molecule has 1 amide bonds. The molecule has 0 aromatic rings. The van der Waals surface area contributed by atoms with Crippen LogP contribution in [0.4, 0.5) is 0 Å². The third kappa shape index (κ3) is 25.2. The molecule has 1 fully saturated rings. The van der Waals surface area contributed by atoms with Crippen LogP contribution in [0.25, 0.3) is 0 Å². The first-order valence-electron chi connectivity index (χ1n) is 22.7. The Morgan fingerprint density at radius 3 is 1.59 bits per heavy atom. The quantitative estimate of drug-likeness (QED) is 0.0239. The number of hydrogen-bond acceptors (Lipinski definition) is 10. The second-order valence-corrected chi connectivity index (χ2v) is 16.1. The Morgan fingerprint density at radius 2 is 1.09 bits per heavy atom. The summed E-state index contributed by atoms with van der Waals surface area (Å²) in [7, 11) is 0. The minimum absolute atomic E-state index is 0.246. The van der Waals surface area contributed by atoms with Gasteiger partial charge in [0.15, 0.2) is 6.29 Å². The molecule has 9 atom stereocenters. The number of aliphatic hydroxyl groups excluding tert-OH is 7. The maximum atomic E-state index is 13.0. The van der Waals surface area contributed by atoms with Crippen LogP contribution in [-0.4, -0.2) is 110 Å². The number of unbranched alkanes of at least 4 members (excludes halogenated alkanes) is 21. The van der Waals surface area contributed by atoms with Crippen molar-refractivity contribution < 1.29 is 50.0 Å². The van der Waals surface area contributed by atoms with E-state index in [1.165, 1.54) is 96.3 Å². The first kappa shape index (κ1) is 52.6. The molecule has 0 bridgehead atoms. The fourth-order valence-corrected chi connectivity index (χ4v) is 7.17. The average Bonchev–Trinajstić information content (AvgIpc) is 3.20. The summed E-state index contributed by atoms with van der Waals surface area (Å²) in [6, 6.07) is -1.19. The van der Waals surface area contributed by atoms with E-state index in [9.17, 15) is 40.5 Å². The standard InChI is InChI=1S/C45H85NO10/c1-3-5-7-9-11-13-15-16-17-18-19-20-21-22-23-25-27-29-31-33-38(49)44(54)46-36(35-55-45-43(53)42(52)41(51)39(34-47)56-45)40(50)37(48)32-30-28-26-24-14-12-10-8-6-4-2/h8,10,24,26,36-43,45,47-53H,3-7,9,11-23,25,27-35H2,1-2H3,(H,46,54)/b10-8+,26-24+. The van der Waals surface area contributed by atoms with Crippen LogP contribution in [0, 0.1) is 0 Å². The van der Waals surface area contributed by atoms with Crippen molar-refractivity contribution in [1.29, 1.82) is 0 Å². The number of nitrogens with one attached hydrogen (secondary N) is 1. The maximum absolute atomic E-state index is 13.0. The molecular formula is C45H85NO10. The van der Waals surface area contributed by atoms with Gasteiger partial charge in [0.05, 0.1) is 25.4 Å². The third-order valence-corrected chi connectivity index (χ3v) is 11.0. The van der Waals surface area contributed by atoms with Crippen molar-refractivity contribution in [3.8, 4) is 0 Å². The Kier molecular flexibility index (Phi) is 33.4. The second-order valence-electron chi connectivity index (χ2n) is 16.1. The molecule has 1 aliphatic rings. The summed E-state index contributed by atoms with van der Waals surface area (Å²) in [5.41, 5.74) is 0. The van der Waals surface area contributed by atoms with Gasteiger partial charge >= 0.3 is 0 Å². The summed E-state index contributed by atoms with van der Waals surface area (Å²) < 4.78 is 11.0. The lowest BCUT2D eigenvalue weighted by Crippen LogP contribution is -2.60. The molecule has 11 nitrogen and oxygen atoms in total. The monoisotopic (exact) mass is 800 g/mol. The lowest BCUT2D eigenvalue weighted by molar-refractivity contribution is -0.303. The fourth-order valence-electron chi connectivity index (χ4n) is 7.17. The average molecular weight is 800 g/mol. The van der Waals surface area contributed by atoms with Crippen molar-refractivity contribution in [1.82, 2.24) is 5.32 Å². The number of hydrogen-bond donors (Lipinski definition) is 8. The number of amides is 1. The van der Waals surface area contributed by atoms with Gasteiger partial charge in [-0.2, -0.15) is 0 Å². The molecule has 1 rings (SSSR count). The molecule has 330 valence electrons. The molecule has 56 heavy (non-hydrogen) atoms. The number of aliphatic hydroxyl groups is 7. The van der Waals surface area contributed by atoms with E-state index in [-0.39, 0.29) is 12.8 Å². The molecule has 0 spiro atoms. The Balaban J connectivity index is 2.42. The SMILES string of the molecule is CCC/C=C/CC/C=C/CCCC(O)C(O)C(COC1OC(CO)C(O)C(O)C1O)NC(=O)C(O)CCCCCCCCCCCCCCCCCCCCC. The Hall–Kier alpha value is -1.41. The molecule has 8 N–H and O–H groups in total. The second kappa shape index (κ2) is 35.5. The predicted octanol–water partition coefficient (Wildman–Crippen LogP) is 7.06. The zero-order valence-electron chi connectivity index (χ0n) is 35.4. The molecule has 0 aromatic heterocycles. The van der Waals surface area contributed by atoms with E-state index in [2.05, 4.69) is 37.4 Å². The van der Waals surface area contributed by atoms with Gasteiger partial charge in [-0.05, 0) is 44.9 Å². The van der Waals surface area contributed by atoms with E-state index in [0.717, 1.165) is 44.9 Å². The number of allylic oxidation sites excluding steroid dienone is 4. The molecule has 1 aliphatic heterocycles. The highest BCUT2D eigenvalue weighted by Crippen LogP contribution is 2.23. The summed E-state index contributed by atoms with van der Waals surface area (Å²) in [4.78, 5) is 13.0. The van der Waals surface area contributed by atoms with Gasteiger partial charge in [-0.15, -0.1) is 0 Å². The van der Waals surface area contributed by atoms with Gasteiger partial charge in [-0.3, -0.25) is 4.79 Å². The van der Waals surface area contributed by atoms with Crippen LogP contribution < -0.4 is 5.32 Å². The number of carbonyl (C=O) groups excluding carboxylic acids is 1. The summed E-state index contributed by atoms with van der Waals surface area (Å²) in [5.74, 6) is -0.711. The molecule has 0 aromatic carbocycles. The largest absolute Gasteiger partial charge is 0.394 e. The highest BCUT2D eigenvalue weighted by atomic mass is 16.7. The highest BCUT2D eigenvalue weighted by Gasteiger charge is 2.44. The Morgan fingerprint density at radius 1 is 0.607 bits per heavy atom. The van der Waals surface area contributed by atoms with E-state index in [4.69, 9.17) is 9.47 Å². The highest BCUT2D eigenvalue weighted by molar-refractivity contribution is 5.80. The first-order chi connectivity index (χ1) is 27.2. The summed E-state index contributed by atoms with van der Waals surface area (Å²) in [6.45, 7) is 3.33. The van der Waals surface area contributed by atoms with Crippen molar-refractivity contribution in [2.24, 2.45) is 0 Å². The fraction of sp³-hybridized carbons (Fsp3) is 0.889. The molecule has 1 heterocycles. The number of carbonyl (C=O) groups is 1. The van der Waals surface area contributed by atoms with Gasteiger partial charge in [-0.25, -0.2) is 0 Å². The zero-order valence-corrected chi connectivity index (χ0v) is 35.4. The van der Waals surface area contributed by atoms with Crippen LogP contribution in [0.1, 0.15) is 187 Å². The van der Waals surface area contributed by atoms with Crippen LogP contribution in [0.15, 0.2) is 24.3 Å². The molecule has 0 aliphatic carbocycles. The van der Waals surface area contributed by atoms with Crippen molar-refractivity contribution in [3.05, 3.63) is 24.3 Å². The van der Waals surface area contributed by atoms with Crippen LogP contribution >= 0.6 is 0 Å². The van der Waals surface area contributed by atoms with Crippen LogP contribution in [0.2, 0.25) is 0 Å². The van der Waals surface area contributed by atoms with Gasteiger partial charge in [0.2, 0.25) is 5.91 Å². The lowest BCUT2D eigenvalue weighted by Gasteiger charge is -2.40. The van der Waals surface area contributed by atoms with Crippen LogP contribution in [0.3, 0.4) is 0 Å². The molecule has 0 radical (unpaired) electrons. The van der Waals surface area contributed by atoms with Gasteiger partial charge in [0.25, 0.3) is 0 Å². The number of ether oxygens (including phenoxy) is 2. The van der Waals surface area contributed by atoms with Gasteiger partial charge in [-0.1, -0.05) is 167 Å². The van der Waals surface area contributed by atoms with Crippen LogP contribution in [0.5, 0.6) is 0 Å². The van der Waals surface area contributed by atoms with Crippen LogP contribution in [-0.2, 0) is 14.3 Å². The van der Waals surface area contributed by atoms with Crippen molar-refractivity contribution in [3.63, 3.8) is 0 Å². The predicted molar refractivity (Wildman–Crippen MR) is 224 cm³/mol. The Bertz CT molecular complexity index is 965. The summed E-state index contributed by atoms with van der Waals surface area (Å²) in [6.07, 6.45) is 26.8. The van der Waals surface area contributed by atoms with Crippen molar-refractivity contribution in [2.75, 3.05) is 13.2 Å². The molecule has 1 saturated heterocycles. The zero-order chi connectivity index (χ0) is 41.2. The normalized spacial score (nSPS) is 22.5. The smallest absolute Gasteiger partial charge is 0.249 e. The van der Waals surface area contributed by atoms with Crippen molar-refractivity contribution in [2.45, 2.75) is 242 Å². The first-order valence-corrected chi connectivity index (χ1v) is 22.7. The molecule has 9 unspecified atom stereocenters. The Labute approximate surface area is 340 Å². The van der Waals surface area contributed by atoms with Gasteiger partial charge in [0.1, 0.15) is 36.6 Å². The lowest BCUT2D eigenvalue weighted by atomic mass is 9.98. The summed E-state index contributed by atoms with van der Waals surface area (Å²) >= 11 is 0.